The first kappa shape index (κ1) is 73.4. The van der Waals surface area contributed by atoms with E-state index < -0.39 is 37.5 Å². The molecule has 0 bridgehead atoms. The van der Waals surface area contributed by atoms with Gasteiger partial charge >= 0.3 is 17.9 Å². The number of unbranched alkanes of at least 4 members (excludes halogenated alkanes) is 6. The minimum atomic E-state index is -0.920. The normalized spacial score (nSPS) is 14.1. The van der Waals surface area contributed by atoms with Gasteiger partial charge in [0, 0.05) is 90.3 Å². The Kier molecular flexibility index (Phi) is 27.6. The smallest absolute Gasteiger partial charge is 0.303 e. The van der Waals surface area contributed by atoms with E-state index in [4.69, 9.17) is 33.6 Å². The molecular weight excluding hydrogens is 1340 g/mol. The van der Waals surface area contributed by atoms with Crippen LogP contribution in [0.25, 0.3) is 33.4 Å². The molecule has 0 saturated heterocycles. The highest BCUT2D eigenvalue weighted by Gasteiger charge is 2.36. The highest BCUT2D eigenvalue weighted by molar-refractivity contribution is 5.97. The Bertz CT molecular complexity index is 4480. The van der Waals surface area contributed by atoms with E-state index >= 15 is 0 Å². The Morgan fingerprint density at radius 1 is 0.358 bits per heavy atom. The Morgan fingerprint density at radius 3 is 1.02 bits per heavy atom. The van der Waals surface area contributed by atoms with E-state index in [9.17, 15) is 37.5 Å². The molecule has 9 aromatic carbocycles. The molecule has 3 atom stereocenters. The summed E-state index contributed by atoms with van der Waals surface area (Å²) in [5, 5.41) is 26.3. The lowest BCUT2D eigenvalue weighted by Crippen LogP contribution is -2.32. The molecule has 0 spiro atoms. The largest absolute Gasteiger partial charge is 0.493 e. The summed E-state index contributed by atoms with van der Waals surface area (Å²) in [4.78, 5) is 77.5. The number of para-hydroxylation sites is 3. The van der Waals surface area contributed by atoms with Gasteiger partial charge in [-0.2, -0.15) is 0 Å². The van der Waals surface area contributed by atoms with Crippen LogP contribution < -0.4 is 14.2 Å². The van der Waals surface area contributed by atoms with Crippen molar-refractivity contribution in [2.75, 3.05) is 19.8 Å². The SMILES string of the molecule is [2H]C(c1ccccc1OCCCCCC(=O)O)N(C(=O)c1ccc(-c2ccc(F)cc2)cc1)C1CC1.[2H]C(c1ccccc1OCCCCCC(=O)O)N(C(=O)c1ccc(-c2cccc(F)c2)cc1)C1CC1.[2H]C(c1ccccc1OCCCCCC(=O)O)N(C(=O)c1ccc(-c2ccccc2CC)cc1)C1CC1. The number of hydrogen-bond donors (Lipinski definition) is 3. The monoisotopic (exact) mass is 1440 g/mol. The second-order valence-corrected chi connectivity index (χ2v) is 26.8. The van der Waals surface area contributed by atoms with Crippen LogP contribution in [0.5, 0.6) is 17.2 Å². The molecule has 0 aromatic heterocycles. The third kappa shape index (κ3) is 24.1. The van der Waals surface area contributed by atoms with Crippen molar-refractivity contribution in [3.63, 3.8) is 0 Å². The van der Waals surface area contributed by atoms with Crippen molar-refractivity contribution < 1.29 is 71.2 Å². The number of carbonyl (C=O) groups excluding carboxylic acids is 3. The summed E-state index contributed by atoms with van der Waals surface area (Å²) in [7, 11) is 0. The zero-order valence-electron chi connectivity index (χ0n) is 62.9. The second kappa shape index (κ2) is 39.8. The number of ether oxygens (including phenoxy) is 3. The lowest BCUT2D eigenvalue weighted by Gasteiger charge is -2.24. The molecule has 552 valence electrons. The van der Waals surface area contributed by atoms with Gasteiger partial charge in [0.1, 0.15) is 28.9 Å². The van der Waals surface area contributed by atoms with Gasteiger partial charge in [-0.15, -0.1) is 0 Å². The summed E-state index contributed by atoms with van der Waals surface area (Å²) in [6.45, 7) is 0.722. The van der Waals surface area contributed by atoms with Crippen LogP contribution in [0.1, 0.15) is 180 Å². The Morgan fingerprint density at radius 2 is 0.679 bits per heavy atom. The zero-order chi connectivity index (χ0) is 77.2. The number of carboxylic acid groups (broad SMARTS) is 3. The quantitative estimate of drug-likeness (QED) is 0.0312. The molecule has 3 aliphatic carbocycles. The van der Waals surface area contributed by atoms with Gasteiger partial charge in [-0.25, -0.2) is 8.78 Å². The number of carbonyl (C=O) groups is 6. The summed E-state index contributed by atoms with van der Waals surface area (Å²) in [6, 6.07) is 64.9. The fourth-order valence-electron chi connectivity index (χ4n) is 12.1. The molecule has 0 aliphatic heterocycles. The average molecular weight is 1440 g/mol. The van der Waals surface area contributed by atoms with Crippen LogP contribution in [0.15, 0.2) is 218 Å². The van der Waals surface area contributed by atoms with Gasteiger partial charge < -0.3 is 44.2 Å². The molecule has 106 heavy (non-hydrogen) atoms. The Balaban J connectivity index is 0.000000174. The molecule has 3 fully saturated rings. The molecule has 3 N–H and O–H groups in total. The van der Waals surface area contributed by atoms with Crippen molar-refractivity contribution in [2.24, 2.45) is 0 Å². The molecule has 0 radical (unpaired) electrons. The first-order valence-corrected chi connectivity index (χ1v) is 36.8. The van der Waals surface area contributed by atoms with Crippen molar-refractivity contribution in [3.05, 3.63) is 269 Å². The first-order chi connectivity index (χ1) is 52.9. The average Bonchev–Trinajstić information content (AvgIpc) is 1.64. The van der Waals surface area contributed by atoms with Crippen LogP contribution in [0.3, 0.4) is 0 Å². The molecule has 3 amide bonds. The van der Waals surface area contributed by atoms with Gasteiger partial charge in [-0.1, -0.05) is 146 Å². The molecule has 15 nitrogen and oxygen atoms in total. The highest BCUT2D eigenvalue weighted by Crippen LogP contribution is 2.37. The van der Waals surface area contributed by atoms with Crippen LogP contribution in [0.4, 0.5) is 8.78 Å². The predicted molar refractivity (Wildman–Crippen MR) is 408 cm³/mol. The summed E-state index contributed by atoms with van der Waals surface area (Å²) < 4.78 is 71.7. The summed E-state index contributed by atoms with van der Waals surface area (Å²) in [5.74, 6) is -1.81. The number of aryl methyl sites for hydroxylation is 1. The topological polar surface area (TPSA) is 201 Å². The van der Waals surface area contributed by atoms with E-state index in [1.54, 1.807) is 81.4 Å². The van der Waals surface area contributed by atoms with Gasteiger partial charge in [0.15, 0.2) is 0 Å². The minimum absolute atomic E-state index is 0.00645. The lowest BCUT2D eigenvalue weighted by atomic mass is 9.97. The van der Waals surface area contributed by atoms with Crippen molar-refractivity contribution in [3.8, 4) is 50.6 Å². The van der Waals surface area contributed by atoms with Crippen LogP contribution in [-0.4, -0.2) is 104 Å². The number of aliphatic carboxylic acids is 3. The van der Waals surface area contributed by atoms with Gasteiger partial charge in [-0.3, -0.25) is 28.8 Å². The number of nitrogens with zero attached hydrogens (tertiary/aromatic N) is 3. The number of halogens is 2. The van der Waals surface area contributed by atoms with E-state index in [0.717, 1.165) is 105 Å². The number of benzene rings is 9. The molecule has 17 heteroatoms. The minimum Gasteiger partial charge on any atom is -0.493 e. The molecule has 3 saturated carbocycles. The second-order valence-electron chi connectivity index (χ2n) is 26.8. The molecule has 3 aliphatic rings. The van der Waals surface area contributed by atoms with Gasteiger partial charge in [0.2, 0.25) is 0 Å². The Labute approximate surface area is 624 Å². The highest BCUT2D eigenvalue weighted by atomic mass is 19.1. The maximum atomic E-state index is 13.6. The number of amides is 3. The lowest BCUT2D eigenvalue weighted by molar-refractivity contribution is -0.138. The van der Waals surface area contributed by atoms with E-state index in [1.807, 2.05) is 115 Å². The fourth-order valence-corrected chi connectivity index (χ4v) is 12.1. The van der Waals surface area contributed by atoms with Crippen molar-refractivity contribution in [1.29, 1.82) is 0 Å². The fraction of sp³-hybridized carbons (Fsp3) is 0.326. The zero-order valence-corrected chi connectivity index (χ0v) is 59.9. The maximum Gasteiger partial charge on any atom is 0.303 e. The van der Waals surface area contributed by atoms with Gasteiger partial charge in [0.05, 0.1) is 23.9 Å². The molecule has 0 heterocycles. The van der Waals surface area contributed by atoms with E-state index in [-0.39, 0.29) is 66.7 Å². The number of hydrogen-bond acceptors (Lipinski definition) is 9. The van der Waals surface area contributed by atoms with E-state index in [0.29, 0.717) is 96.1 Å². The van der Waals surface area contributed by atoms with E-state index in [2.05, 4.69) is 19.1 Å². The molecular formula is C89H95F2N3O12. The third-order valence-electron chi connectivity index (χ3n) is 18.4. The van der Waals surface area contributed by atoms with Crippen LogP contribution in [0, 0.1) is 11.6 Å². The van der Waals surface area contributed by atoms with Gasteiger partial charge in [-0.05, 0) is 221 Å². The first-order valence-electron chi connectivity index (χ1n) is 38.6. The van der Waals surface area contributed by atoms with E-state index in [1.165, 1.54) is 35.4 Å². The number of carboxylic acids is 3. The van der Waals surface area contributed by atoms with Crippen LogP contribution in [-0.2, 0) is 40.4 Å². The molecule has 9 aromatic rings. The standard InChI is InChI=1S/C31H35NO4.2C29H30FNO4/c1-2-23-10-5-7-12-28(23)24-15-17-25(18-16-24)31(35)32(27-19-20-27)22-26-11-6-8-13-29(26)36-21-9-3-4-14-30(33)34;30-25-9-6-8-23(19-25)21-12-14-22(15-13-21)29(34)31(26-16-17-26)20-24-7-3-4-10-27(24)35-18-5-1-2-11-28(32)33;30-25-15-13-22(14-16-25)21-9-11-23(12-10-21)29(34)31(26-17-18-26)20-24-6-3-4-7-27(24)35-19-5-1-2-8-28(32)33/h5-8,10-13,15-18,27H,2-4,9,14,19-22H2,1H3,(H,33,34);3-4,6-10,12-15,19,26H,1-2,5,11,16-18,20H2,(H,32,33);3-4,6-7,9-16,26H,1-2,5,8,17-20H2,(H,32,33)/i22D;2*20D. The van der Waals surface area contributed by atoms with Crippen molar-refractivity contribution in [1.82, 2.24) is 14.7 Å². The van der Waals surface area contributed by atoms with Crippen LogP contribution >= 0.6 is 0 Å². The van der Waals surface area contributed by atoms with Crippen molar-refractivity contribution >= 4 is 35.6 Å². The maximum absolute atomic E-state index is 13.6. The van der Waals surface area contributed by atoms with Crippen LogP contribution in [0.2, 0.25) is 0 Å². The third-order valence-corrected chi connectivity index (χ3v) is 18.4. The molecule has 12 rings (SSSR count). The summed E-state index contributed by atoms with van der Waals surface area (Å²) >= 11 is 0. The van der Waals surface area contributed by atoms with Gasteiger partial charge in [0.25, 0.3) is 17.7 Å². The summed E-state index contributed by atoms with van der Waals surface area (Å²) in [6.07, 6.45) is 12.9. The molecule has 3 unspecified atom stereocenters. The number of rotatable bonds is 37. The predicted octanol–water partition coefficient (Wildman–Crippen LogP) is 19.4. The van der Waals surface area contributed by atoms with Crippen molar-refractivity contribution in [2.45, 2.75) is 167 Å². The Hall–Kier alpha value is -10.9. The summed E-state index contributed by atoms with van der Waals surface area (Å²) in [5.41, 5.74) is 10.3.